The SMILES string of the molecule is O=C(O)CC(NC(=O)c1cccc(CN2CCCC2=O)c1)c1ccc(F)cc1. The van der Waals surface area contributed by atoms with E-state index in [1.807, 2.05) is 6.07 Å². The molecule has 1 aliphatic heterocycles. The van der Waals surface area contributed by atoms with Gasteiger partial charge in [0.2, 0.25) is 5.91 Å². The summed E-state index contributed by atoms with van der Waals surface area (Å²) in [5, 5.41) is 11.9. The van der Waals surface area contributed by atoms with E-state index in [1.54, 1.807) is 23.1 Å². The quantitative estimate of drug-likeness (QED) is 0.769. The molecule has 2 aromatic rings. The zero-order valence-electron chi connectivity index (χ0n) is 15.2. The van der Waals surface area contributed by atoms with Crippen LogP contribution < -0.4 is 5.32 Å². The highest BCUT2D eigenvalue weighted by atomic mass is 19.1. The Morgan fingerprint density at radius 3 is 2.57 bits per heavy atom. The first-order valence-electron chi connectivity index (χ1n) is 9.07. The number of nitrogens with zero attached hydrogens (tertiary/aromatic N) is 1. The van der Waals surface area contributed by atoms with Crippen LogP contribution in [-0.2, 0) is 16.1 Å². The number of hydrogen-bond donors (Lipinski definition) is 2. The summed E-state index contributed by atoms with van der Waals surface area (Å²) in [7, 11) is 0. The summed E-state index contributed by atoms with van der Waals surface area (Å²) < 4.78 is 13.1. The van der Waals surface area contributed by atoms with Gasteiger partial charge in [-0.1, -0.05) is 24.3 Å². The lowest BCUT2D eigenvalue weighted by molar-refractivity contribution is -0.137. The molecule has 1 aliphatic rings. The molecule has 146 valence electrons. The van der Waals surface area contributed by atoms with Crippen LogP contribution in [0.5, 0.6) is 0 Å². The van der Waals surface area contributed by atoms with Gasteiger partial charge in [0.25, 0.3) is 5.91 Å². The van der Waals surface area contributed by atoms with Crippen molar-refractivity contribution in [3.8, 4) is 0 Å². The molecule has 1 heterocycles. The number of carboxylic acid groups (broad SMARTS) is 1. The molecular formula is C21H21FN2O4. The third-order valence-corrected chi connectivity index (χ3v) is 4.69. The van der Waals surface area contributed by atoms with Crippen LogP contribution in [0.25, 0.3) is 0 Å². The number of likely N-dealkylation sites (tertiary alicyclic amines) is 1. The largest absolute Gasteiger partial charge is 0.481 e. The molecule has 1 atom stereocenters. The lowest BCUT2D eigenvalue weighted by Crippen LogP contribution is -2.30. The minimum Gasteiger partial charge on any atom is -0.481 e. The Labute approximate surface area is 162 Å². The molecule has 1 unspecified atom stereocenters. The first kappa shape index (κ1) is 19.5. The van der Waals surface area contributed by atoms with Crippen LogP contribution >= 0.6 is 0 Å². The predicted octanol–water partition coefficient (Wildman–Crippen LogP) is 2.89. The van der Waals surface area contributed by atoms with Gasteiger partial charge < -0.3 is 15.3 Å². The zero-order chi connectivity index (χ0) is 20.1. The second kappa shape index (κ2) is 8.65. The predicted molar refractivity (Wildman–Crippen MR) is 100.0 cm³/mol. The third-order valence-electron chi connectivity index (χ3n) is 4.69. The summed E-state index contributed by atoms with van der Waals surface area (Å²) >= 11 is 0. The Hall–Kier alpha value is -3.22. The van der Waals surface area contributed by atoms with Crippen LogP contribution in [0, 0.1) is 5.82 Å². The van der Waals surface area contributed by atoms with Crippen molar-refractivity contribution in [3.63, 3.8) is 0 Å². The maximum absolute atomic E-state index is 13.1. The zero-order valence-corrected chi connectivity index (χ0v) is 15.2. The smallest absolute Gasteiger partial charge is 0.305 e. The van der Waals surface area contributed by atoms with Crippen LogP contribution in [-0.4, -0.2) is 34.3 Å². The highest BCUT2D eigenvalue weighted by molar-refractivity contribution is 5.95. The molecule has 2 amide bonds. The number of aliphatic carboxylic acids is 1. The van der Waals surface area contributed by atoms with E-state index in [0.717, 1.165) is 12.0 Å². The summed E-state index contributed by atoms with van der Waals surface area (Å²) in [6, 6.07) is 11.5. The number of rotatable bonds is 7. The topological polar surface area (TPSA) is 86.7 Å². The van der Waals surface area contributed by atoms with Crippen molar-refractivity contribution in [2.75, 3.05) is 6.54 Å². The van der Waals surface area contributed by atoms with E-state index in [-0.39, 0.29) is 12.3 Å². The molecule has 0 spiro atoms. The van der Waals surface area contributed by atoms with Crippen LogP contribution in [0.15, 0.2) is 48.5 Å². The maximum atomic E-state index is 13.1. The van der Waals surface area contributed by atoms with E-state index >= 15 is 0 Å². The van der Waals surface area contributed by atoms with E-state index < -0.39 is 23.7 Å². The van der Waals surface area contributed by atoms with Crippen molar-refractivity contribution in [1.82, 2.24) is 10.2 Å². The maximum Gasteiger partial charge on any atom is 0.305 e. The molecule has 6 nitrogen and oxygen atoms in total. The summed E-state index contributed by atoms with van der Waals surface area (Å²) in [5.41, 5.74) is 1.72. The van der Waals surface area contributed by atoms with Gasteiger partial charge in [0.1, 0.15) is 5.82 Å². The lowest BCUT2D eigenvalue weighted by Gasteiger charge is -2.19. The van der Waals surface area contributed by atoms with Gasteiger partial charge >= 0.3 is 5.97 Å². The molecule has 0 aliphatic carbocycles. The number of halogens is 1. The number of carbonyl (C=O) groups excluding carboxylic acids is 2. The summed E-state index contributed by atoms with van der Waals surface area (Å²) in [6.45, 7) is 1.15. The first-order valence-corrected chi connectivity index (χ1v) is 9.07. The molecule has 1 saturated heterocycles. The number of benzene rings is 2. The van der Waals surface area contributed by atoms with Gasteiger partial charge in [0.15, 0.2) is 0 Å². The molecule has 3 rings (SSSR count). The van der Waals surface area contributed by atoms with E-state index in [0.29, 0.717) is 30.6 Å². The number of carboxylic acids is 1. The number of hydrogen-bond acceptors (Lipinski definition) is 3. The fourth-order valence-electron chi connectivity index (χ4n) is 3.27. The Bertz CT molecular complexity index is 882. The van der Waals surface area contributed by atoms with E-state index in [1.165, 1.54) is 24.3 Å². The Kier molecular flexibility index (Phi) is 6.03. The molecule has 28 heavy (non-hydrogen) atoms. The first-order chi connectivity index (χ1) is 13.4. The van der Waals surface area contributed by atoms with Crippen molar-refractivity contribution in [3.05, 3.63) is 71.0 Å². The number of nitrogens with one attached hydrogen (secondary N) is 1. The van der Waals surface area contributed by atoms with E-state index in [4.69, 9.17) is 5.11 Å². The minimum atomic E-state index is -1.07. The van der Waals surface area contributed by atoms with Crippen LogP contribution in [0.2, 0.25) is 0 Å². The standard InChI is InChI=1S/C21H21FN2O4/c22-17-8-6-15(7-9-17)18(12-20(26)27)23-21(28)16-4-1-3-14(11-16)13-24-10-2-5-19(24)25/h1,3-4,6-9,11,18H,2,5,10,12-13H2,(H,23,28)(H,26,27). The van der Waals surface area contributed by atoms with Gasteiger partial charge in [-0.2, -0.15) is 0 Å². The van der Waals surface area contributed by atoms with Crippen LogP contribution in [0.4, 0.5) is 4.39 Å². The Morgan fingerprint density at radius 1 is 1.18 bits per heavy atom. The highest BCUT2D eigenvalue weighted by Crippen LogP contribution is 2.19. The van der Waals surface area contributed by atoms with E-state index in [9.17, 15) is 18.8 Å². The molecule has 0 radical (unpaired) electrons. The highest BCUT2D eigenvalue weighted by Gasteiger charge is 2.22. The van der Waals surface area contributed by atoms with Crippen molar-refractivity contribution >= 4 is 17.8 Å². The van der Waals surface area contributed by atoms with Gasteiger partial charge in [0, 0.05) is 25.1 Å². The molecule has 0 saturated carbocycles. The molecule has 7 heteroatoms. The van der Waals surface area contributed by atoms with E-state index in [2.05, 4.69) is 5.32 Å². The van der Waals surface area contributed by atoms with Crippen LogP contribution in [0.1, 0.15) is 46.8 Å². The van der Waals surface area contributed by atoms with Crippen molar-refractivity contribution in [1.29, 1.82) is 0 Å². The minimum absolute atomic E-state index is 0.104. The summed E-state index contributed by atoms with van der Waals surface area (Å²) in [4.78, 5) is 37.4. The van der Waals surface area contributed by atoms with Crippen molar-refractivity contribution in [2.45, 2.75) is 31.8 Å². The monoisotopic (exact) mass is 384 g/mol. The second-order valence-corrected chi connectivity index (χ2v) is 6.79. The van der Waals surface area contributed by atoms with Crippen LogP contribution in [0.3, 0.4) is 0 Å². The molecule has 2 aromatic carbocycles. The number of amides is 2. The second-order valence-electron chi connectivity index (χ2n) is 6.79. The third kappa shape index (κ3) is 4.94. The normalized spacial score (nSPS) is 14.8. The fourth-order valence-corrected chi connectivity index (χ4v) is 3.27. The Balaban J connectivity index is 1.74. The van der Waals surface area contributed by atoms with Gasteiger partial charge in [-0.05, 0) is 41.8 Å². The number of carbonyl (C=O) groups is 3. The Morgan fingerprint density at radius 2 is 1.93 bits per heavy atom. The van der Waals surface area contributed by atoms with Gasteiger partial charge in [0.05, 0.1) is 12.5 Å². The van der Waals surface area contributed by atoms with Crippen molar-refractivity contribution < 1.29 is 23.9 Å². The average Bonchev–Trinajstić information content (AvgIpc) is 3.06. The lowest BCUT2D eigenvalue weighted by atomic mass is 10.0. The average molecular weight is 384 g/mol. The van der Waals surface area contributed by atoms with Gasteiger partial charge in [-0.15, -0.1) is 0 Å². The molecule has 0 bridgehead atoms. The fraction of sp³-hybridized carbons (Fsp3) is 0.286. The van der Waals surface area contributed by atoms with Crippen molar-refractivity contribution in [2.24, 2.45) is 0 Å². The summed E-state index contributed by atoms with van der Waals surface area (Å²) in [5.74, 6) is -1.83. The van der Waals surface area contributed by atoms with Gasteiger partial charge in [-0.25, -0.2) is 4.39 Å². The molecular weight excluding hydrogens is 363 g/mol. The van der Waals surface area contributed by atoms with Gasteiger partial charge in [-0.3, -0.25) is 14.4 Å². The molecule has 2 N–H and O–H groups in total. The molecule has 0 aromatic heterocycles. The summed E-state index contributed by atoms with van der Waals surface area (Å²) in [6.07, 6.45) is 1.07. The molecule has 1 fully saturated rings.